The molecule has 0 unspecified atom stereocenters. The minimum atomic E-state index is 0.271. The van der Waals surface area contributed by atoms with Crippen LogP contribution in [-0.4, -0.2) is 12.2 Å². The number of benzene rings is 2. The van der Waals surface area contributed by atoms with Crippen molar-refractivity contribution in [2.75, 3.05) is 0 Å². The van der Waals surface area contributed by atoms with Crippen LogP contribution in [-0.2, 0) is 0 Å². The van der Waals surface area contributed by atoms with Crippen molar-refractivity contribution in [2.24, 2.45) is 0 Å². The molecule has 2 aromatic carbocycles. The minimum Gasteiger partial charge on any atom is -0.491 e. The van der Waals surface area contributed by atoms with Gasteiger partial charge in [0, 0.05) is 0 Å². The van der Waals surface area contributed by atoms with Gasteiger partial charge in [0.1, 0.15) is 11.5 Å². The fourth-order valence-electron chi connectivity index (χ4n) is 4.16. The van der Waals surface area contributed by atoms with E-state index in [4.69, 9.17) is 9.47 Å². The van der Waals surface area contributed by atoms with Gasteiger partial charge in [0.2, 0.25) is 0 Å². The average molecular weight is 465 g/mol. The molecule has 2 rings (SSSR count). The van der Waals surface area contributed by atoms with E-state index in [9.17, 15) is 0 Å². The molecule has 0 saturated carbocycles. The Bertz CT molecular complexity index is 708. The summed E-state index contributed by atoms with van der Waals surface area (Å²) in [5.74, 6) is 1.92. The van der Waals surface area contributed by atoms with Gasteiger partial charge in [-0.2, -0.15) is 0 Å². The second-order valence-corrected chi connectivity index (χ2v) is 9.73. The van der Waals surface area contributed by atoms with Crippen LogP contribution in [0.15, 0.2) is 48.5 Å². The molecule has 0 bridgehead atoms. The van der Waals surface area contributed by atoms with Crippen molar-refractivity contribution in [1.29, 1.82) is 0 Å². The molecule has 0 N–H and O–H groups in total. The summed E-state index contributed by atoms with van der Waals surface area (Å²) in [7, 11) is 0. The minimum absolute atomic E-state index is 0.271. The number of rotatable bonds is 18. The summed E-state index contributed by atoms with van der Waals surface area (Å²) in [6.07, 6.45) is 20.2. The molecule has 2 heteroatoms. The first-order valence-corrected chi connectivity index (χ1v) is 13.8. The van der Waals surface area contributed by atoms with E-state index in [2.05, 4.69) is 88.4 Å². The zero-order valence-corrected chi connectivity index (χ0v) is 22.2. The summed E-state index contributed by atoms with van der Waals surface area (Å²) in [6, 6.07) is 16.8. The summed E-state index contributed by atoms with van der Waals surface area (Å²) in [5.41, 5.74) is 2.35. The average Bonchev–Trinajstić information content (AvgIpc) is 2.84. The first kappa shape index (κ1) is 28.0. The molecule has 0 amide bonds. The van der Waals surface area contributed by atoms with Crippen LogP contribution in [0.25, 0.3) is 12.2 Å². The van der Waals surface area contributed by atoms with E-state index in [1.54, 1.807) is 0 Å². The van der Waals surface area contributed by atoms with Gasteiger partial charge in [-0.05, 0) is 74.9 Å². The summed E-state index contributed by atoms with van der Waals surface area (Å²) >= 11 is 0. The Hall–Kier alpha value is -2.22. The number of unbranched alkanes of at least 4 members (excludes halogenated alkanes) is 8. The van der Waals surface area contributed by atoms with Gasteiger partial charge in [0.05, 0.1) is 12.2 Å². The molecule has 0 aliphatic rings. The van der Waals surface area contributed by atoms with E-state index in [1.165, 1.54) is 75.3 Å². The Morgan fingerprint density at radius 3 is 1.24 bits per heavy atom. The third kappa shape index (κ3) is 12.3. The van der Waals surface area contributed by atoms with E-state index in [0.29, 0.717) is 0 Å². The molecular weight excluding hydrogens is 416 g/mol. The summed E-state index contributed by atoms with van der Waals surface area (Å²) < 4.78 is 12.2. The molecule has 0 heterocycles. The zero-order valence-electron chi connectivity index (χ0n) is 22.2. The van der Waals surface area contributed by atoms with Crippen LogP contribution in [0, 0.1) is 0 Å². The van der Waals surface area contributed by atoms with Crippen molar-refractivity contribution in [3.8, 4) is 11.5 Å². The highest BCUT2D eigenvalue weighted by Crippen LogP contribution is 2.20. The van der Waals surface area contributed by atoms with E-state index in [-0.39, 0.29) is 12.2 Å². The fourth-order valence-corrected chi connectivity index (χ4v) is 4.16. The Labute approximate surface area is 209 Å². The van der Waals surface area contributed by atoms with Crippen molar-refractivity contribution in [2.45, 2.75) is 117 Å². The molecule has 2 nitrogen and oxygen atoms in total. The second kappa shape index (κ2) is 17.2. The van der Waals surface area contributed by atoms with E-state index >= 15 is 0 Å². The SMILES string of the molecule is CCCCCCC[C@H](C)Oc1ccc(/C=C/c2ccc(O[C@@H](C)CCCCCCC)cc2)cc1. The Balaban J connectivity index is 1.72. The highest BCUT2D eigenvalue weighted by atomic mass is 16.5. The molecule has 0 aliphatic carbocycles. The lowest BCUT2D eigenvalue weighted by molar-refractivity contribution is 0.206. The Morgan fingerprint density at radius 1 is 0.529 bits per heavy atom. The van der Waals surface area contributed by atoms with Crippen LogP contribution in [0.2, 0.25) is 0 Å². The number of hydrogen-bond acceptors (Lipinski definition) is 2. The molecule has 188 valence electrons. The van der Waals surface area contributed by atoms with E-state index < -0.39 is 0 Å². The Kier molecular flexibility index (Phi) is 14.2. The van der Waals surface area contributed by atoms with Crippen LogP contribution in [0.5, 0.6) is 11.5 Å². The van der Waals surface area contributed by atoms with Gasteiger partial charge in [0.25, 0.3) is 0 Å². The lowest BCUT2D eigenvalue weighted by Gasteiger charge is -2.15. The highest BCUT2D eigenvalue weighted by Gasteiger charge is 2.05. The second-order valence-electron chi connectivity index (χ2n) is 9.73. The van der Waals surface area contributed by atoms with Crippen molar-refractivity contribution in [3.63, 3.8) is 0 Å². The largest absolute Gasteiger partial charge is 0.491 e. The van der Waals surface area contributed by atoms with Crippen molar-refractivity contribution >= 4 is 12.2 Å². The van der Waals surface area contributed by atoms with Crippen molar-refractivity contribution in [3.05, 3.63) is 59.7 Å². The molecular formula is C32H48O2. The molecule has 2 atom stereocenters. The van der Waals surface area contributed by atoms with Gasteiger partial charge in [0.15, 0.2) is 0 Å². The first-order valence-electron chi connectivity index (χ1n) is 13.8. The lowest BCUT2D eigenvalue weighted by atomic mass is 10.1. The van der Waals surface area contributed by atoms with Crippen molar-refractivity contribution in [1.82, 2.24) is 0 Å². The Morgan fingerprint density at radius 2 is 0.882 bits per heavy atom. The summed E-state index contributed by atoms with van der Waals surface area (Å²) in [5, 5.41) is 0. The molecule has 0 saturated heterocycles. The monoisotopic (exact) mass is 464 g/mol. The van der Waals surface area contributed by atoms with Gasteiger partial charge >= 0.3 is 0 Å². The van der Waals surface area contributed by atoms with Gasteiger partial charge < -0.3 is 9.47 Å². The molecule has 34 heavy (non-hydrogen) atoms. The van der Waals surface area contributed by atoms with Crippen molar-refractivity contribution < 1.29 is 9.47 Å². The lowest BCUT2D eigenvalue weighted by Crippen LogP contribution is -2.11. The van der Waals surface area contributed by atoms with Gasteiger partial charge in [-0.3, -0.25) is 0 Å². The fraction of sp³-hybridized carbons (Fsp3) is 0.562. The third-order valence-electron chi connectivity index (χ3n) is 6.33. The highest BCUT2D eigenvalue weighted by molar-refractivity contribution is 5.70. The molecule has 0 radical (unpaired) electrons. The maximum absolute atomic E-state index is 6.09. The predicted molar refractivity (Wildman–Crippen MR) is 149 cm³/mol. The van der Waals surface area contributed by atoms with Crippen LogP contribution in [0.4, 0.5) is 0 Å². The van der Waals surface area contributed by atoms with Crippen LogP contribution >= 0.6 is 0 Å². The molecule has 0 aliphatic heterocycles. The predicted octanol–water partition coefficient (Wildman–Crippen LogP) is 10.1. The van der Waals surface area contributed by atoms with Crippen LogP contribution in [0.1, 0.15) is 116 Å². The number of hydrogen-bond donors (Lipinski definition) is 0. The standard InChI is InChI=1S/C32H48O2/c1-5-7-9-11-13-15-27(3)33-31-23-19-29(20-24-31)17-18-30-21-25-32(26-22-30)34-28(4)16-14-12-10-8-6-2/h17-28H,5-16H2,1-4H3/b18-17+/t27-,28-/m0/s1. The zero-order chi connectivity index (χ0) is 24.4. The third-order valence-corrected chi connectivity index (χ3v) is 6.33. The van der Waals surface area contributed by atoms with E-state index in [0.717, 1.165) is 24.3 Å². The van der Waals surface area contributed by atoms with Crippen LogP contribution < -0.4 is 9.47 Å². The molecule has 2 aromatic rings. The molecule has 0 spiro atoms. The maximum atomic E-state index is 6.09. The summed E-state index contributed by atoms with van der Waals surface area (Å²) in [4.78, 5) is 0. The molecule has 0 aromatic heterocycles. The topological polar surface area (TPSA) is 18.5 Å². The molecule has 0 fully saturated rings. The van der Waals surface area contributed by atoms with Gasteiger partial charge in [-0.25, -0.2) is 0 Å². The quantitative estimate of drug-likeness (QED) is 0.161. The van der Waals surface area contributed by atoms with E-state index in [1.807, 2.05) is 0 Å². The van der Waals surface area contributed by atoms with Gasteiger partial charge in [-0.15, -0.1) is 0 Å². The van der Waals surface area contributed by atoms with Crippen LogP contribution in [0.3, 0.4) is 0 Å². The number of ether oxygens (including phenoxy) is 2. The smallest absolute Gasteiger partial charge is 0.119 e. The normalized spacial score (nSPS) is 13.2. The maximum Gasteiger partial charge on any atom is 0.119 e. The summed E-state index contributed by atoms with van der Waals surface area (Å²) in [6.45, 7) is 8.87. The van der Waals surface area contributed by atoms with Gasteiger partial charge in [-0.1, -0.05) is 102 Å². The first-order chi connectivity index (χ1) is 16.6.